The second kappa shape index (κ2) is 4.60. The number of H-pyrrole nitrogens is 1. The second-order valence-electron chi connectivity index (χ2n) is 1.88. The van der Waals surface area contributed by atoms with Crippen LogP contribution in [0.1, 0.15) is 0 Å². The summed E-state index contributed by atoms with van der Waals surface area (Å²) in [4.78, 5) is 9.90. The summed E-state index contributed by atoms with van der Waals surface area (Å²) in [6.07, 6.45) is 0.322. The lowest BCUT2D eigenvalue weighted by Crippen LogP contribution is -2.22. The molecule has 65 valence electrons. The van der Waals surface area contributed by atoms with Crippen molar-refractivity contribution in [1.29, 1.82) is 0 Å². The highest BCUT2D eigenvalue weighted by Gasteiger charge is 1.97. The van der Waals surface area contributed by atoms with Gasteiger partial charge in [0.2, 0.25) is 0 Å². The monoisotopic (exact) mass is 187 g/mol. The van der Waals surface area contributed by atoms with Gasteiger partial charge in [0.15, 0.2) is 0 Å². The normalized spacial score (nSPS) is 9.67. The van der Waals surface area contributed by atoms with Gasteiger partial charge in [0.25, 0.3) is 0 Å². The Morgan fingerprint density at radius 2 is 2.58 bits per heavy atom. The molecule has 0 unspecified atom stereocenters. The fraction of sp³-hybridized carbons (Fsp3) is 0.400. The molecule has 0 aromatic carbocycles. The topological polar surface area (TPSA) is 90.6 Å². The third kappa shape index (κ3) is 3.24. The van der Waals surface area contributed by atoms with Crippen LogP contribution in [0, 0.1) is 0 Å². The van der Waals surface area contributed by atoms with E-state index >= 15 is 0 Å². The number of carbonyl (C=O) groups excluding carboxylic acids is 1. The van der Waals surface area contributed by atoms with Gasteiger partial charge in [0, 0.05) is 12.3 Å². The van der Waals surface area contributed by atoms with Crippen LogP contribution in [0.25, 0.3) is 0 Å². The third-order valence-electron chi connectivity index (χ3n) is 1.02. The standard InChI is InChI=1S/C5H7N4O2S/c10-5(11)6-1-2-12-4-3-7-9-8-4/h3,6H,1-2H2,(H,7,8,9). The Kier molecular flexibility index (Phi) is 3.39. The first-order valence-corrected chi connectivity index (χ1v) is 4.21. The Hall–Kier alpha value is -1.24. The van der Waals surface area contributed by atoms with E-state index in [9.17, 15) is 9.90 Å². The number of rotatable bonds is 4. The van der Waals surface area contributed by atoms with Crippen molar-refractivity contribution < 1.29 is 9.90 Å². The maximum absolute atomic E-state index is 9.90. The van der Waals surface area contributed by atoms with Crippen molar-refractivity contribution in [2.24, 2.45) is 0 Å². The van der Waals surface area contributed by atoms with Gasteiger partial charge in [-0.25, -0.2) is 9.90 Å². The summed E-state index contributed by atoms with van der Waals surface area (Å²) >= 11 is 1.43. The van der Waals surface area contributed by atoms with E-state index in [1.807, 2.05) is 0 Å². The van der Waals surface area contributed by atoms with Gasteiger partial charge >= 0.3 is 6.09 Å². The predicted molar refractivity (Wildman–Crippen MR) is 41.2 cm³/mol. The first-order chi connectivity index (χ1) is 5.79. The fourth-order valence-electron chi connectivity index (χ4n) is 0.572. The molecule has 0 spiro atoms. The van der Waals surface area contributed by atoms with E-state index in [0.717, 1.165) is 5.03 Å². The van der Waals surface area contributed by atoms with E-state index in [-0.39, 0.29) is 0 Å². The number of nitrogens with one attached hydrogen (secondary N) is 2. The molecule has 1 aromatic heterocycles. The molecule has 6 nitrogen and oxygen atoms in total. The highest BCUT2D eigenvalue weighted by molar-refractivity contribution is 7.99. The van der Waals surface area contributed by atoms with Gasteiger partial charge in [-0.2, -0.15) is 0 Å². The van der Waals surface area contributed by atoms with Crippen molar-refractivity contribution in [2.75, 3.05) is 12.3 Å². The van der Waals surface area contributed by atoms with Gasteiger partial charge in [-0.3, -0.25) is 5.10 Å². The summed E-state index contributed by atoms with van der Waals surface area (Å²) in [5, 5.41) is 22.5. The van der Waals surface area contributed by atoms with Crippen LogP contribution in [-0.2, 0) is 5.11 Å². The molecule has 0 aliphatic carbocycles. The zero-order valence-corrected chi connectivity index (χ0v) is 6.93. The Morgan fingerprint density at radius 1 is 1.75 bits per heavy atom. The molecule has 1 heterocycles. The van der Waals surface area contributed by atoms with E-state index in [1.54, 1.807) is 6.20 Å². The number of thioether (sulfide) groups is 1. The average Bonchev–Trinajstić information content (AvgIpc) is 2.49. The van der Waals surface area contributed by atoms with Crippen molar-refractivity contribution in [3.8, 4) is 0 Å². The van der Waals surface area contributed by atoms with Crippen LogP contribution in [0.3, 0.4) is 0 Å². The molecular weight excluding hydrogens is 180 g/mol. The predicted octanol–water partition coefficient (Wildman–Crippen LogP) is 0.0369. The molecule has 0 aliphatic rings. The van der Waals surface area contributed by atoms with Crippen LogP contribution in [-0.4, -0.2) is 33.8 Å². The molecule has 7 heteroatoms. The zero-order chi connectivity index (χ0) is 8.81. The van der Waals surface area contributed by atoms with Gasteiger partial charge in [0.1, 0.15) is 5.03 Å². The molecule has 12 heavy (non-hydrogen) atoms. The number of amides is 1. The fourth-order valence-corrected chi connectivity index (χ4v) is 1.22. The van der Waals surface area contributed by atoms with Gasteiger partial charge in [0.05, 0.1) is 6.20 Å². The highest BCUT2D eigenvalue weighted by Crippen LogP contribution is 2.10. The van der Waals surface area contributed by atoms with Crippen LogP contribution < -0.4 is 5.32 Å². The lowest BCUT2D eigenvalue weighted by molar-refractivity contribution is 0.169. The summed E-state index contributed by atoms with van der Waals surface area (Å²) < 4.78 is 0. The smallest absolute Gasteiger partial charge is 0.318 e. The van der Waals surface area contributed by atoms with Crippen LogP contribution >= 0.6 is 11.8 Å². The van der Waals surface area contributed by atoms with E-state index in [2.05, 4.69) is 20.7 Å². The van der Waals surface area contributed by atoms with Gasteiger partial charge < -0.3 is 5.32 Å². The number of nitrogens with zero attached hydrogens (tertiary/aromatic N) is 2. The lowest BCUT2D eigenvalue weighted by atomic mass is 10.7. The first kappa shape index (κ1) is 8.85. The summed E-state index contributed by atoms with van der Waals surface area (Å²) in [7, 11) is 0. The number of hydrogen-bond acceptors (Lipinski definition) is 4. The van der Waals surface area contributed by atoms with Gasteiger partial charge in [-0.1, -0.05) is 5.21 Å². The Bertz CT molecular complexity index is 238. The molecule has 1 radical (unpaired) electrons. The maximum Gasteiger partial charge on any atom is 0.450 e. The van der Waals surface area contributed by atoms with Gasteiger partial charge in [-0.15, -0.1) is 16.9 Å². The van der Waals surface area contributed by atoms with Crippen molar-refractivity contribution in [3.63, 3.8) is 0 Å². The van der Waals surface area contributed by atoms with E-state index < -0.39 is 6.09 Å². The summed E-state index contributed by atoms with van der Waals surface area (Å²) in [6, 6.07) is 0. The Morgan fingerprint density at radius 3 is 3.17 bits per heavy atom. The molecule has 0 bridgehead atoms. The van der Waals surface area contributed by atoms with Crippen LogP contribution in [0.15, 0.2) is 11.2 Å². The van der Waals surface area contributed by atoms with E-state index in [0.29, 0.717) is 12.3 Å². The SMILES string of the molecule is [O]C(=O)NCCSc1cnn[nH]1. The van der Waals surface area contributed by atoms with Crippen LogP contribution in [0.2, 0.25) is 0 Å². The highest BCUT2D eigenvalue weighted by atomic mass is 32.2. The minimum Gasteiger partial charge on any atom is -0.318 e. The number of aromatic nitrogens is 3. The average molecular weight is 187 g/mol. The quantitative estimate of drug-likeness (QED) is 0.514. The van der Waals surface area contributed by atoms with Gasteiger partial charge in [-0.05, 0) is 0 Å². The van der Waals surface area contributed by atoms with E-state index in [4.69, 9.17) is 0 Å². The van der Waals surface area contributed by atoms with Crippen molar-refractivity contribution in [1.82, 2.24) is 20.7 Å². The molecule has 0 atom stereocenters. The van der Waals surface area contributed by atoms with Crippen molar-refractivity contribution in [2.45, 2.75) is 5.03 Å². The molecule has 2 N–H and O–H groups in total. The van der Waals surface area contributed by atoms with E-state index in [1.165, 1.54) is 11.8 Å². The minimum atomic E-state index is -1.25. The Balaban J connectivity index is 2.07. The number of aromatic amines is 1. The molecule has 1 rings (SSSR count). The molecule has 0 saturated carbocycles. The Labute approximate surface area is 72.7 Å². The lowest BCUT2D eigenvalue weighted by Gasteiger charge is -1.96. The second-order valence-corrected chi connectivity index (χ2v) is 3.02. The molecule has 1 aromatic rings. The number of hydrogen-bond donors (Lipinski definition) is 2. The van der Waals surface area contributed by atoms with Crippen LogP contribution in [0.5, 0.6) is 0 Å². The summed E-state index contributed by atoms with van der Waals surface area (Å²) in [5.74, 6) is 0.623. The molecule has 1 amide bonds. The summed E-state index contributed by atoms with van der Waals surface area (Å²) in [6.45, 7) is 0.353. The first-order valence-electron chi connectivity index (χ1n) is 3.23. The minimum absolute atomic E-state index is 0.353. The molecule has 0 saturated heterocycles. The van der Waals surface area contributed by atoms with Crippen LogP contribution in [0.4, 0.5) is 4.79 Å². The maximum atomic E-state index is 9.90. The number of carbonyl (C=O) groups is 1. The zero-order valence-electron chi connectivity index (χ0n) is 6.11. The van der Waals surface area contributed by atoms with Crippen molar-refractivity contribution >= 4 is 17.9 Å². The molecule has 0 fully saturated rings. The largest absolute Gasteiger partial charge is 0.450 e. The third-order valence-corrected chi connectivity index (χ3v) is 1.94. The van der Waals surface area contributed by atoms with Crippen molar-refractivity contribution in [3.05, 3.63) is 6.20 Å². The molecular formula is C5H7N4O2S. The molecule has 0 aliphatic heterocycles. The summed E-state index contributed by atoms with van der Waals surface area (Å²) in [5.41, 5.74) is 0.